The fourth-order valence-corrected chi connectivity index (χ4v) is 2.47. The van der Waals surface area contributed by atoms with Crippen LogP contribution < -0.4 is 4.72 Å². The van der Waals surface area contributed by atoms with Crippen molar-refractivity contribution in [1.82, 2.24) is 9.71 Å². The molecule has 0 spiro atoms. The minimum atomic E-state index is -3.56. The van der Waals surface area contributed by atoms with Gasteiger partial charge in [0.2, 0.25) is 0 Å². The lowest BCUT2D eigenvalue weighted by Crippen LogP contribution is -2.40. The molecule has 108 valence electrons. The number of nitrogens with one attached hydrogen (secondary N) is 1. The molecule has 1 rings (SSSR count). The Hall–Kier alpha value is -0.630. The molecule has 0 saturated heterocycles. The maximum atomic E-state index is 12.2. The van der Waals surface area contributed by atoms with Crippen LogP contribution in [0.5, 0.6) is 0 Å². The van der Waals surface area contributed by atoms with Crippen LogP contribution in [0.2, 0.25) is 0 Å². The van der Waals surface area contributed by atoms with Gasteiger partial charge in [-0.2, -0.15) is 0 Å². The maximum absolute atomic E-state index is 12.2. The minimum absolute atomic E-state index is 0.202. The average Bonchev–Trinajstić information content (AvgIpc) is 2.32. The largest absolute Gasteiger partial charge is 0.598 e. The summed E-state index contributed by atoms with van der Waals surface area (Å²) in [4.78, 5) is 3.73. The highest BCUT2D eigenvalue weighted by atomic mass is 32.2. The first kappa shape index (κ1) is 12.1. The summed E-state index contributed by atoms with van der Waals surface area (Å²) in [7, 11) is -3.56. The maximum Gasteiger partial charge on any atom is 0.192 e. The third kappa shape index (κ3) is 4.76. The van der Waals surface area contributed by atoms with Gasteiger partial charge < -0.3 is 4.55 Å². The van der Waals surface area contributed by atoms with E-state index in [0.29, 0.717) is 0 Å². The number of sulfone groups is 1. The summed E-state index contributed by atoms with van der Waals surface area (Å²) in [6.07, 6.45) is 2.22. The SMILES string of the molecule is [2H]C([2H])([2H])[C@H](N[S+]([O-])C(C)(C)C)c1ccnc(S(C)(=O)=O)c1. The highest BCUT2D eigenvalue weighted by Gasteiger charge is 2.28. The van der Waals surface area contributed by atoms with Crippen LogP contribution in [-0.2, 0) is 21.2 Å². The highest BCUT2D eigenvalue weighted by Crippen LogP contribution is 2.20. The second kappa shape index (κ2) is 5.78. The molecule has 1 unspecified atom stereocenters. The molecule has 0 aromatic carbocycles. The van der Waals surface area contributed by atoms with Crippen LogP contribution in [0.1, 0.15) is 43.3 Å². The Labute approximate surface area is 122 Å². The fraction of sp³-hybridized carbons (Fsp3) is 0.583. The van der Waals surface area contributed by atoms with Gasteiger partial charge in [0, 0.05) is 27.9 Å². The van der Waals surface area contributed by atoms with E-state index in [-0.39, 0.29) is 10.6 Å². The molecule has 7 heteroatoms. The molecule has 2 atom stereocenters. The Bertz CT molecular complexity index is 627. The third-order valence-corrected chi connectivity index (χ3v) is 4.80. The Morgan fingerprint density at radius 1 is 1.53 bits per heavy atom. The highest BCUT2D eigenvalue weighted by molar-refractivity contribution is 7.91. The van der Waals surface area contributed by atoms with Crippen LogP contribution in [0, 0.1) is 0 Å². The molecule has 1 N–H and O–H groups in total. The quantitative estimate of drug-likeness (QED) is 0.854. The molecule has 1 aromatic heterocycles. The van der Waals surface area contributed by atoms with Crippen LogP contribution >= 0.6 is 0 Å². The first-order valence-corrected chi connectivity index (χ1v) is 8.61. The summed E-state index contributed by atoms with van der Waals surface area (Å²) in [5.41, 5.74) is 0.202. The third-order valence-electron chi connectivity index (χ3n) is 2.25. The average molecular weight is 307 g/mol. The predicted octanol–water partition coefficient (Wildman–Crippen LogP) is 1.60. The first-order chi connectivity index (χ1) is 9.73. The summed E-state index contributed by atoms with van der Waals surface area (Å²) in [6, 6.07) is 1.34. The molecule has 1 heterocycles. The number of pyridine rings is 1. The van der Waals surface area contributed by atoms with Crippen LogP contribution in [0.25, 0.3) is 0 Å². The van der Waals surface area contributed by atoms with Gasteiger partial charge in [-0.25, -0.2) is 13.4 Å². The van der Waals surface area contributed by atoms with E-state index in [9.17, 15) is 13.0 Å². The molecule has 0 amide bonds. The number of rotatable bonds is 4. The van der Waals surface area contributed by atoms with Gasteiger partial charge in [0.05, 0.1) is 6.04 Å². The van der Waals surface area contributed by atoms with Crippen molar-refractivity contribution in [3.8, 4) is 0 Å². The van der Waals surface area contributed by atoms with Crippen molar-refractivity contribution < 1.29 is 17.1 Å². The van der Waals surface area contributed by atoms with Gasteiger partial charge in [-0.15, -0.1) is 4.72 Å². The zero-order valence-corrected chi connectivity index (χ0v) is 12.9. The number of hydrogen-bond acceptors (Lipinski definition) is 5. The Kier molecular flexibility index (Phi) is 3.69. The molecule has 1 aromatic rings. The smallest absolute Gasteiger partial charge is 0.192 e. The second-order valence-electron chi connectivity index (χ2n) is 5.13. The summed E-state index contributed by atoms with van der Waals surface area (Å²) in [5.74, 6) is 0. The number of hydrogen-bond donors (Lipinski definition) is 1. The molecule has 0 bridgehead atoms. The van der Waals surface area contributed by atoms with Gasteiger partial charge in [-0.05, 0) is 45.3 Å². The minimum Gasteiger partial charge on any atom is -0.598 e. The van der Waals surface area contributed by atoms with Crippen LogP contribution in [-0.4, -0.2) is 29.0 Å². The van der Waals surface area contributed by atoms with Gasteiger partial charge in [0.15, 0.2) is 14.9 Å². The van der Waals surface area contributed by atoms with Crippen molar-refractivity contribution >= 4 is 21.2 Å². The Balaban J connectivity index is 3.25. The fourth-order valence-electron chi connectivity index (χ4n) is 1.16. The molecule has 5 nitrogen and oxygen atoms in total. The zero-order chi connectivity index (χ0) is 17.3. The normalized spacial score (nSPS) is 19.1. The van der Waals surface area contributed by atoms with Crippen molar-refractivity contribution in [2.75, 3.05) is 6.26 Å². The van der Waals surface area contributed by atoms with E-state index in [1.165, 1.54) is 18.3 Å². The molecule has 19 heavy (non-hydrogen) atoms. The van der Waals surface area contributed by atoms with Crippen molar-refractivity contribution in [1.29, 1.82) is 0 Å². The Morgan fingerprint density at radius 2 is 2.16 bits per heavy atom. The van der Waals surface area contributed by atoms with E-state index in [1.54, 1.807) is 20.8 Å². The molecule has 0 aliphatic rings. The summed E-state index contributed by atoms with van der Waals surface area (Å²) >= 11 is -1.62. The van der Waals surface area contributed by atoms with E-state index < -0.39 is 38.8 Å². The van der Waals surface area contributed by atoms with Gasteiger partial charge in [0.25, 0.3) is 0 Å². The van der Waals surface area contributed by atoms with Crippen LogP contribution in [0.4, 0.5) is 0 Å². The van der Waals surface area contributed by atoms with Crippen molar-refractivity contribution in [3.05, 3.63) is 23.9 Å². The van der Waals surface area contributed by atoms with Crippen molar-refractivity contribution in [3.63, 3.8) is 0 Å². The van der Waals surface area contributed by atoms with Crippen molar-refractivity contribution in [2.24, 2.45) is 0 Å². The molecule has 0 saturated carbocycles. The van der Waals surface area contributed by atoms with E-state index in [4.69, 9.17) is 4.11 Å². The number of aromatic nitrogens is 1. The zero-order valence-electron chi connectivity index (χ0n) is 14.3. The van der Waals surface area contributed by atoms with Crippen LogP contribution in [0.3, 0.4) is 0 Å². The molecular formula is C12H20N2O3S2. The summed E-state index contributed by atoms with van der Waals surface area (Å²) in [5, 5.41) is -0.220. The van der Waals surface area contributed by atoms with Gasteiger partial charge in [0.1, 0.15) is 4.75 Å². The number of nitrogens with zero attached hydrogens (tertiary/aromatic N) is 1. The lowest BCUT2D eigenvalue weighted by atomic mass is 10.1. The summed E-state index contributed by atoms with van der Waals surface area (Å²) < 4.78 is 60.1. The monoisotopic (exact) mass is 307 g/mol. The molecule has 0 aliphatic carbocycles. The van der Waals surface area contributed by atoms with Crippen molar-refractivity contribution in [2.45, 2.75) is 43.4 Å². The van der Waals surface area contributed by atoms with E-state index in [0.717, 1.165) is 6.26 Å². The molecule has 0 radical (unpaired) electrons. The first-order valence-electron chi connectivity index (χ1n) is 7.07. The van der Waals surface area contributed by atoms with Crippen LogP contribution in [0.15, 0.2) is 23.4 Å². The Morgan fingerprint density at radius 3 is 2.63 bits per heavy atom. The molecule has 0 aliphatic heterocycles. The van der Waals surface area contributed by atoms with Gasteiger partial charge >= 0.3 is 0 Å². The van der Waals surface area contributed by atoms with Gasteiger partial charge in [-0.3, -0.25) is 0 Å². The second-order valence-corrected chi connectivity index (χ2v) is 9.09. The van der Waals surface area contributed by atoms with E-state index in [1.807, 2.05) is 0 Å². The lowest BCUT2D eigenvalue weighted by Gasteiger charge is -2.26. The standard InChI is InChI=1S/C12H20N2O3S2/c1-9(14-18(15)12(2,3)4)10-6-7-13-11(8-10)19(5,16)17/h6-9,14H,1-5H3/t9-,18?/m0/s1/i1D3. The van der Waals surface area contributed by atoms with E-state index in [2.05, 4.69) is 9.71 Å². The van der Waals surface area contributed by atoms with E-state index >= 15 is 0 Å². The predicted molar refractivity (Wildman–Crippen MR) is 76.8 cm³/mol. The molecular weight excluding hydrogens is 284 g/mol. The van der Waals surface area contributed by atoms with Gasteiger partial charge in [-0.1, -0.05) is 0 Å². The lowest BCUT2D eigenvalue weighted by molar-refractivity contribution is 0.531. The molecule has 0 fully saturated rings. The topological polar surface area (TPSA) is 82.1 Å². The summed E-state index contributed by atoms with van der Waals surface area (Å²) in [6.45, 7) is 2.64.